The van der Waals surface area contributed by atoms with Crippen LogP contribution in [0, 0.1) is 11.8 Å². The molecular formula is C55H88N14O21S3. The van der Waals surface area contributed by atoms with Crippen LogP contribution in [0.1, 0.15) is 91.5 Å². The molecule has 0 aromatic heterocycles. The molecule has 13 amide bonds. The van der Waals surface area contributed by atoms with Crippen molar-refractivity contribution in [1.82, 2.24) is 58.5 Å². The van der Waals surface area contributed by atoms with E-state index in [9.17, 15) is 97.5 Å². The zero-order valence-corrected chi connectivity index (χ0v) is 54.4. The van der Waals surface area contributed by atoms with Crippen molar-refractivity contribution in [3.8, 4) is 5.75 Å². The van der Waals surface area contributed by atoms with Gasteiger partial charge in [0.1, 0.15) is 72.2 Å². The molecule has 14 atom stereocenters. The Kier molecular flexibility index (Phi) is 37.7. The van der Waals surface area contributed by atoms with E-state index in [2.05, 4.69) is 96.4 Å². The Balaban J connectivity index is 3.27. The summed E-state index contributed by atoms with van der Waals surface area (Å²) in [4.78, 5) is 195. The van der Waals surface area contributed by atoms with Crippen LogP contribution >= 0.6 is 37.9 Å². The molecule has 0 radical (unpaired) electrons. The van der Waals surface area contributed by atoms with Gasteiger partial charge in [0.2, 0.25) is 76.8 Å². The third-order valence-electron chi connectivity index (χ3n) is 13.9. The summed E-state index contributed by atoms with van der Waals surface area (Å²) >= 11 is 12.3. The zero-order chi connectivity index (χ0) is 71.0. The highest BCUT2D eigenvalue weighted by Gasteiger charge is 2.38. The molecular weight excluding hydrogens is 1290 g/mol. The molecule has 0 spiro atoms. The Morgan fingerprint density at radius 1 is 0.452 bits per heavy atom. The van der Waals surface area contributed by atoms with Gasteiger partial charge in [-0.25, -0.2) is 4.79 Å². The lowest BCUT2D eigenvalue weighted by Crippen LogP contribution is -2.63. The largest absolute Gasteiger partial charge is 0.508 e. The molecule has 0 unspecified atom stereocenters. The molecule has 1 aromatic carbocycles. The summed E-state index contributed by atoms with van der Waals surface area (Å²) in [6.07, 6.45) is -4.33. The Morgan fingerprint density at radius 3 is 1.25 bits per heavy atom. The number of benzene rings is 1. The number of primary amides is 2. The molecule has 0 aliphatic heterocycles. The molecule has 1 rings (SSSR count). The summed E-state index contributed by atoms with van der Waals surface area (Å²) in [7, 11) is 0. The minimum atomic E-state index is -1.92. The third-order valence-corrected chi connectivity index (χ3v) is 15.0. The van der Waals surface area contributed by atoms with Crippen molar-refractivity contribution in [2.75, 3.05) is 30.5 Å². The lowest BCUT2D eigenvalue weighted by atomic mass is 9.97. The Morgan fingerprint density at radius 2 is 0.806 bits per heavy atom. The average molecular weight is 1380 g/mol. The van der Waals surface area contributed by atoms with Crippen molar-refractivity contribution in [2.45, 2.75) is 171 Å². The van der Waals surface area contributed by atoms with Gasteiger partial charge < -0.3 is 106 Å². The second kappa shape index (κ2) is 42.2. The molecule has 0 aliphatic carbocycles. The predicted molar refractivity (Wildman–Crippen MR) is 339 cm³/mol. The highest BCUT2D eigenvalue weighted by Crippen LogP contribution is 2.15. The highest BCUT2D eigenvalue weighted by atomic mass is 32.1. The van der Waals surface area contributed by atoms with Crippen molar-refractivity contribution in [3.63, 3.8) is 0 Å². The summed E-state index contributed by atoms with van der Waals surface area (Å²) in [5.74, 6) is -19.0. The number of nitrogens with one attached hydrogen (secondary N) is 11. The molecule has 93 heavy (non-hydrogen) atoms. The normalized spacial score (nSPS) is 15.6. The first-order valence-electron chi connectivity index (χ1n) is 29.2. The highest BCUT2D eigenvalue weighted by molar-refractivity contribution is 7.80. The van der Waals surface area contributed by atoms with Crippen LogP contribution in [0.3, 0.4) is 0 Å². The number of hydrogen-bond acceptors (Lipinski definition) is 23. The number of carboxylic acid groups (broad SMARTS) is 2. The number of thiol groups is 3. The van der Waals surface area contributed by atoms with Gasteiger partial charge in [0.25, 0.3) is 0 Å². The maximum Gasteiger partial charge on any atom is 0.326 e. The molecule has 38 heteroatoms. The molecule has 23 N–H and O–H groups in total. The van der Waals surface area contributed by atoms with Crippen molar-refractivity contribution in [2.24, 2.45) is 29.0 Å². The number of aliphatic hydroxyl groups is 3. The van der Waals surface area contributed by atoms with Gasteiger partial charge in [0.15, 0.2) is 0 Å². The van der Waals surface area contributed by atoms with Crippen LogP contribution < -0.4 is 75.7 Å². The first-order valence-corrected chi connectivity index (χ1v) is 31.1. The molecule has 0 saturated carbocycles. The zero-order valence-electron chi connectivity index (χ0n) is 51.7. The minimum Gasteiger partial charge on any atom is -0.508 e. The quantitative estimate of drug-likeness (QED) is 0.0270. The SMILES string of the molecule is CC[C@H](C)[C@H](NC(=O)[C@H](CO)NC(=O)[C@@H](NC(=O)[C@H](CS)NC(=O)[C@H](CS)NC(=O)[C@H](CCC(N)=O)NC(=O)[C@@H](N)CCC(=O)O)[C@@H](C)O)C(=O)N[C@@H](CS)C(=O)N[C@@H](CO)C(=O)N[C@@H](CC(C)C)C(=O)N[C@@H](Cc1ccc(O)cc1)C(=O)N[C@@H](CCC(N)=O)C(=O)O. The van der Waals surface area contributed by atoms with Crippen molar-refractivity contribution in [3.05, 3.63) is 29.8 Å². The monoisotopic (exact) mass is 1380 g/mol. The predicted octanol–water partition coefficient (Wildman–Crippen LogP) is -7.68. The number of carboxylic acids is 2. The van der Waals surface area contributed by atoms with Gasteiger partial charge in [-0.05, 0) is 62.1 Å². The Hall–Kier alpha value is -8.04. The number of nitrogens with two attached hydrogens (primary N) is 3. The maximum atomic E-state index is 14.0. The molecule has 522 valence electrons. The fourth-order valence-corrected chi connectivity index (χ4v) is 9.08. The van der Waals surface area contributed by atoms with Gasteiger partial charge in [-0.3, -0.25) is 67.1 Å². The van der Waals surface area contributed by atoms with E-state index in [0.29, 0.717) is 5.56 Å². The number of aromatic hydroxyl groups is 1. The van der Waals surface area contributed by atoms with E-state index >= 15 is 0 Å². The number of hydrogen-bond donors (Lipinski definition) is 23. The van der Waals surface area contributed by atoms with Crippen LogP contribution in [-0.4, -0.2) is 228 Å². The minimum absolute atomic E-state index is 0.0952. The second-order valence-electron chi connectivity index (χ2n) is 21.9. The van der Waals surface area contributed by atoms with Crippen molar-refractivity contribution >= 4 is 127 Å². The standard InChI is InChI=1S/C55H88N14O21S3/c1-6-25(4)42(68-49(83)35(20-71)64-54(88)43(26(5)72)69-52(86)38(23-93)66-51(85)36(21-91)65-45(79)30(12-14-39(57)74)59-44(78)29(56)11-16-41(76)77)53(87)67-37(22-92)50(84)63-34(19-70)48(82)61-32(17-24(2)3)46(80)62-33(18-27-7-9-28(73)10-8-27)47(81)60-31(55(89)90)13-15-40(58)75/h7-10,24-26,29-38,42-43,70-73,91-93H,6,11-23,56H2,1-5H3,(H2,57,74)(H2,58,75)(H,59,78)(H,60,81)(H,61,82)(H,62,80)(H,63,84)(H,64,88)(H,65,79)(H,66,85)(H,67,87)(H,68,83)(H,69,86)(H,76,77)(H,89,90)/t25-,26+,29-,30-,31-,32-,33-,34-,35-,36-,37-,38-,42-,43-/m0/s1. The van der Waals surface area contributed by atoms with Crippen LogP contribution in [0.2, 0.25) is 0 Å². The molecule has 0 bridgehead atoms. The van der Waals surface area contributed by atoms with Crippen LogP contribution in [0.15, 0.2) is 24.3 Å². The van der Waals surface area contributed by atoms with Gasteiger partial charge in [-0.15, -0.1) is 0 Å². The van der Waals surface area contributed by atoms with Gasteiger partial charge >= 0.3 is 11.9 Å². The first-order chi connectivity index (χ1) is 43.6. The van der Waals surface area contributed by atoms with Gasteiger partial charge in [-0.2, -0.15) is 37.9 Å². The van der Waals surface area contributed by atoms with E-state index in [1.165, 1.54) is 31.2 Å². The second-order valence-corrected chi connectivity index (χ2v) is 23.0. The average Bonchev–Trinajstić information content (AvgIpc) is 1.19. The summed E-state index contributed by atoms with van der Waals surface area (Å²) in [5, 5.41) is 85.2. The fraction of sp³-hybridized carbons (Fsp3) is 0.618. The Labute approximate surface area is 551 Å². The summed E-state index contributed by atoms with van der Waals surface area (Å²) < 4.78 is 0. The van der Waals surface area contributed by atoms with E-state index in [1.54, 1.807) is 20.8 Å². The van der Waals surface area contributed by atoms with E-state index in [-0.39, 0.29) is 43.8 Å². The topological polar surface area (TPSA) is 588 Å². The summed E-state index contributed by atoms with van der Waals surface area (Å²) in [5.41, 5.74) is 16.5. The first kappa shape index (κ1) is 83.0. The van der Waals surface area contributed by atoms with E-state index in [0.717, 1.165) is 6.92 Å². The van der Waals surface area contributed by atoms with E-state index in [4.69, 9.17) is 22.3 Å². The molecule has 0 aliphatic rings. The van der Waals surface area contributed by atoms with Crippen LogP contribution in [0.25, 0.3) is 0 Å². The Bertz CT molecular complexity index is 2770. The maximum absolute atomic E-state index is 14.0. The van der Waals surface area contributed by atoms with Crippen molar-refractivity contribution < 1.29 is 103 Å². The summed E-state index contributed by atoms with van der Waals surface area (Å²) in [6, 6.07) is -14.0. The molecule has 0 heterocycles. The van der Waals surface area contributed by atoms with Gasteiger partial charge in [-0.1, -0.05) is 46.2 Å². The molecule has 0 fully saturated rings. The lowest BCUT2D eigenvalue weighted by Gasteiger charge is -2.29. The van der Waals surface area contributed by atoms with Crippen molar-refractivity contribution in [1.29, 1.82) is 0 Å². The smallest absolute Gasteiger partial charge is 0.326 e. The van der Waals surface area contributed by atoms with Crippen LogP contribution in [0.4, 0.5) is 0 Å². The number of phenols is 1. The molecule has 35 nitrogen and oxygen atoms in total. The lowest BCUT2D eigenvalue weighted by molar-refractivity contribution is -0.142. The summed E-state index contributed by atoms with van der Waals surface area (Å²) in [6.45, 7) is 5.34. The number of amides is 13. The van der Waals surface area contributed by atoms with E-state index in [1.807, 2.05) is 0 Å². The van der Waals surface area contributed by atoms with Gasteiger partial charge in [0, 0.05) is 42.9 Å². The number of phenolic OH excluding ortho intramolecular Hbond substituents is 1. The third kappa shape index (κ3) is 30.1. The van der Waals surface area contributed by atoms with E-state index < -0.39 is 229 Å². The molecule has 1 aromatic rings. The van der Waals surface area contributed by atoms with Gasteiger partial charge in [0.05, 0.1) is 25.4 Å². The van der Waals surface area contributed by atoms with Crippen LogP contribution in [-0.2, 0) is 78.3 Å². The number of carbonyl (C=O) groups excluding carboxylic acids is 13. The van der Waals surface area contributed by atoms with Crippen LogP contribution in [0.5, 0.6) is 5.75 Å². The number of rotatable bonds is 44. The number of aliphatic hydroxyl groups excluding tert-OH is 3. The number of carbonyl (C=O) groups is 15. The fourth-order valence-electron chi connectivity index (χ4n) is 8.31. The number of aliphatic carboxylic acids is 2. The molecule has 0 saturated heterocycles.